The van der Waals surface area contributed by atoms with Crippen LogP contribution in [-0.4, -0.2) is 57.8 Å². The van der Waals surface area contributed by atoms with E-state index in [-0.39, 0.29) is 22.7 Å². The van der Waals surface area contributed by atoms with Crippen LogP contribution in [0.3, 0.4) is 0 Å². The van der Waals surface area contributed by atoms with Gasteiger partial charge in [0.25, 0.3) is 5.91 Å². The minimum Gasteiger partial charge on any atom is -0.493 e. The number of amides is 1. The number of anilines is 2. The van der Waals surface area contributed by atoms with Crippen LogP contribution in [0.4, 0.5) is 15.9 Å². The number of nitrogens with zero attached hydrogens (tertiary/aromatic N) is 3. The fourth-order valence-corrected chi connectivity index (χ4v) is 4.30. The van der Waals surface area contributed by atoms with Gasteiger partial charge in [0.2, 0.25) is 0 Å². The molecule has 0 unspecified atom stereocenters. The van der Waals surface area contributed by atoms with E-state index in [2.05, 4.69) is 15.3 Å². The monoisotopic (exact) mass is 486 g/mol. The number of nitrogens with one attached hydrogen (secondary N) is 1. The summed E-state index contributed by atoms with van der Waals surface area (Å²) in [5.41, 5.74) is -0.349. The Hall–Kier alpha value is -3.17. The summed E-state index contributed by atoms with van der Waals surface area (Å²) < 4.78 is 26.2. The van der Waals surface area contributed by atoms with E-state index in [1.54, 1.807) is 36.3 Å². The second-order valence-electron chi connectivity index (χ2n) is 8.61. The van der Waals surface area contributed by atoms with E-state index in [4.69, 9.17) is 21.1 Å². The van der Waals surface area contributed by atoms with Crippen molar-refractivity contribution in [3.63, 3.8) is 0 Å². The van der Waals surface area contributed by atoms with Gasteiger partial charge in [-0.05, 0) is 31.0 Å². The maximum absolute atomic E-state index is 14.4. The van der Waals surface area contributed by atoms with Gasteiger partial charge in [-0.2, -0.15) is 0 Å². The topological polar surface area (TPSA) is 96.8 Å². The normalized spacial score (nSPS) is 17.5. The van der Waals surface area contributed by atoms with E-state index in [9.17, 15) is 14.3 Å². The number of aliphatic hydroxyl groups is 1. The zero-order valence-electron chi connectivity index (χ0n) is 18.6. The van der Waals surface area contributed by atoms with Crippen LogP contribution < -0.4 is 14.8 Å². The van der Waals surface area contributed by atoms with Crippen molar-refractivity contribution in [1.82, 2.24) is 14.9 Å². The highest BCUT2D eigenvalue weighted by Crippen LogP contribution is 2.39. The molecule has 1 saturated carbocycles. The average molecular weight is 487 g/mol. The zero-order chi connectivity index (χ0) is 23.9. The Kier molecular flexibility index (Phi) is 5.91. The quantitative estimate of drug-likeness (QED) is 0.542. The van der Waals surface area contributed by atoms with Gasteiger partial charge in [-0.15, -0.1) is 0 Å². The first kappa shape index (κ1) is 22.6. The summed E-state index contributed by atoms with van der Waals surface area (Å²) in [6, 6.07) is 8.20. The number of likely N-dealkylation sites (tertiary alicyclic amines) is 1. The SMILES string of the molecule is COc1cc2c(Nc3cccc(Cl)c3F)ncnc2cc1OC1CCN(C(=O)C2(O)CC2)CC1. The van der Waals surface area contributed by atoms with Gasteiger partial charge < -0.3 is 24.8 Å². The summed E-state index contributed by atoms with van der Waals surface area (Å²) in [5.74, 6) is 0.673. The molecule has 178 valence electrons. The Morgan fingerprint density at radius 2 is 2.00 bits per heavy atom. The molecule has 8 nitrogen and oxygen atoms in total. The number of methoxy groups -OCH3 is 1. The lowest BCUT2D eigenvalue weighted by atomic mass is 10.1. The number of hydrogen-bond donors (Lipinski definition) is 2. The zero-order valence-corrected chi connectivity index (χ0v) is 19.3. The third-order valence-electron chi connectivity index (χ3n) is 6.27. The van der Waals surface area contributed by atoms with Crippen molar-refractivity contribution in [3.8, 4) is 11.5 Å². The summed E-state index contributed by atoms with van der Waals surface area (Å²) in [7, 11) is 1.54. The van der Waals surface area contributed by atoms with E-state index in [1.165, 1.54) is 12.4 Å². The fraction of sp³-hybridized carbons (Fsp3) is 0.375. The average Bonchev–Trinajstić information content (AvgIpc) is 3.60. The standard InChI is InChI=1S/C24H24ClFN4O4/c1-33-19-11-15-18(27-13-28-22(15)29-17-4-2-3-16(25)21(17)26)12-20(19)34-14-5-9-30(10-6-14)23(31)24(32)7-8-24/h2-4,11-14,32H,5-10H2,1H3,(H,27,28,29). The molecule has 1 saturated heterocycles. The van der Waals surface area contributed by atoms with Crippen molar-refractivity contribution < 1.29 is 23.8 Å². The van der Waals surface area contributed by atoms with Crippen LogP contribution in [0.15, 0.2) is 36.7 Å². The molecule has 3 aromatic rings. The summed E-state index contributed by atoms with van der Waals surface area (Å²) in [6.07, 6.45) is 3.65. The number of ether oxygens (including phenoxy) is 2. The van der Waals surface area contributed by atoms with E-state index < -0.39 is 11.4 Å². The number of fused-ring (bicyclic) bond motifs is 1. The molecule has 2 fully saturated rings. The molecule has 5 rings (SSSR count). The molecule has 1 amide bonds. The highest BCUT2D eigenvalue weighted by Gasteiger charge is 2.50. The lowest BCUT2D eigenvalue weighted by Crippen LogP contribution is -2.46. The molecule has 34 heavy (non-hydrogen) atoms. The molecule has 0 bridgehead atoms. The molecule has 0 radical (unpaired) electrons. The summed E-state index contributed by atoms with van der Waals surface area (Å²) >= 11 is 5.89. The molecule has 2 aromatic carbocycles. The van der Waals surface area contributed by atoms with Crippen molar-refractivity contribution >= 4 is 39.9 Å². The maximum atomic E-state index is 14.4. The summed E-state index contributed by atoms with van der Waals surface area (Å²) in [4.78, 5) is 22.7. The molecule has 0 atom stereocenters. The van der Waals surface area contributed by atoms with Crippen LogP contribution in [0.25, 0.3) is 10.9 Å². The first-order valence-corrected chi connectivity index (χ1v) is 11.5. The first-order valence-electron chi connectivity index (χ1n) is 11.1. The van der Waals surface area contributed by atoms with Crippen molar-refractivity contribution in [2.75, 3.05) is 25.5 Å². The minimum absolute atomic E-state index is 0.00988. The molecule has 2 N–H and O–H groups in total. The van der Waals surface area contributed by atoms with E-state index in [0.717, 1.165) is 0 Å². The number of carbonyl (C=O) groups excluding carboxylic acids is 1. The summed E-state index contributed by atoms with van der Waals surface area (Å²) in [5, 5.41) is 13.7. The number of piperidine rings is 1. The Labute approximate surface area is 200 Å². The Balaban J connectivity index is 1.35. The van der Waals surface area contributed by atoms with E-state index in [0.29, 0.717) is 67.0 Å². The van der Waals surface area contributed by atoms with Crippen LogP contribution in [-0.2, 0) is 4.79 Å². The van der Waals surface area contributed by atoms with Gasteiger partial charge in [0.05, 0.1) is 23.3 Å². The third-order valence-corrected chi connectivity index (χ3v) is 6.56. The number of hydrogen-bond acceptors (Lipinski definition) is 7. The lowest BCUT2D eigenvalue weighted by molar-refractivity contribution is -0.144. The highest BCUT2D eigenvalue weighted by atomic mass is 35.5. The molecular weight excluding hydrogens is 463 g/mol. The van der Waals surface area contributed by atoms with Crippen LogP contribution >= 0.6 is 11.6 Å². The molecule has 0 spiro atoms. The Morgan fingerprint density at radius 1 is 1.24 bits per heavy atom. The Morgan fingerprint density at radius 3 is 2.71 bits per heavy atom. The van der Waals surface area contributed by atoms with Gasteiger partial charge in [-0.25, -0.2) is 14.4 Å². The number of halogens is 2. The van der Waals surface area contributed by atoms with Crippen LogP contribution in [0.2, 0.25) is 5.02 Å². The second kappa shape index (κ2) is 8.88. The van der Waals surface area contributed by atoms with Gasteiger partial charge in [-0.3, -0.25) is 4.79 Å². The van der Waals surface area contributed by atoms with Crippen LogP contribution in [0.1, 0.15) is 25.7 Å². The van der Waals surface area contributed by atoms with Crippen molar-refractivity contribution in [2.24, 2.45) is 0 Å². The minimum atomic E-state index is -1.14. The van der Waals surface area contributed by atoms with E-state index in [1.807, 2.05) is 0 Å². The highest BCUT2D eigenvalue weighted by molar-refractivity contribution is 6.31. The summed E-state index contributed by atoms with van der Waals surface area (Å²) in [6.45, 7) is 1.06. The second-order valence-corrected chi connectivity index (χ2v) is 9.02. The van der Waals surface area contributed by atoms with Crippen LogP contribution in [0.5, 0.6) is 11.5 Å². The fourth-order valence-electron chi connectivity index (χ4n) is 4.13. The molecule has 10 heteroatoms. The molecule has 1 aliphatic heterocycles. The third kappa shape index (κ3) is 4.33. The van der Waals surface area contributed by atoms with Crippen molar-refractivity contribution in [1.29, 1.82) is 0 Å². The smallest absolute Gasteiger partial charge is 0.254 e. The lowest BCUT2D eigenvalue weighted by Gasteiger charge is -2.33. The molecule has 2 aliphatic rings. The van der Waals surface area contributed by atoms with Gasteiger partial charge in [0.1, 0.15) is 23.9 Å². The molecular formula is C24H24ClFN4O4. The maximum Gasteiger partial charge on any atom is 0.254 e. The van der Waals surface area contributed by atoms with Gasteiger partial charge in [0, 0.05) is 37.4 Å². The molecule has 1 aliphatic carbocycles. The van der Waals surface area contributed by atoms with Gasteiger partial charge in [-0.1, -0.05) is 17.7 Å². The van der Waals surface area contributed by atoms with Crippen LogP contribution in [0, 0.1) is 5.82 Å². The van der Waals surface area contributed by atoms with Gasteiger partial charge in [0.15, 0.2) is 17.3 Å². The molecule has 2 heterocycles. The number of benzene rings is 2. The number of rotatable bonds is 6. The number of carbonyl (C=O) groups is 1. The van der Waals surface area contributed by atoms with E-state index >= 15 is 0 Å². The van der Waals surface area contributed by atoms with Gasteiger partial charge >= 0.3 is 0 Å². The number of aromatic nitrogens is 2. The van der Waals surface area contributed by atoms with Crippen molar-refractivity contribution in [3.05, 3.63) is 47.5 Å². The molecule has 1 aromatic heterocycles. The van der Waals surface area contributed by atoms with Crippen molar-refractivity contribution in [2.45, 2.75) is 37.4 Å². The Bertz CT molecular complexity index is 1250. The predicted molar refractivity (Wildman–Crippen MR) is 125 cm³/mol. The largest absolute Gasteiger partial charge is 0.493 e. The first-order chi connectivity index (χ1) is 16.4. The predicted octanol–water partition coefficient (Wildman–Crippen LogP) is 4.07.